The maximum Gasteiger partial charge on any atom is 0.224 e. The number of rotatable bonds is 5. The zero-order chi connectivity index (χ0) is 15.5. The van der Waals surface area contributed by atoms with E-state index in [1.807, 2.05) is 18.2 Å². The monoisotopic (exact) mass is 300 g/mol. The van der Waals surface area contributed by atoms with Gasteiger partial charge in [0.1, 0.15) is 5.52 Å². The van der Waals surface area contributed by atoms with Crippen molar-refractivity contribution < 1.29 is 9.47 Å². The van der Waals surface area contributed by atoms with E-state index in [-0.39, 0.29) is 5.95 Å². The molecule has 0 bridgehead atoms. The third kappa shape index (κ3) is 2.46. The summed E-state index contributed by atoms with van der Waals surface area (Å²) in [4.78, 5) is 15.3. The molecule has 8 nitrogen and oxygen atoms in total. The third-order valence-electron chi connectivity index (χ3n) is 3.23. The Bertz CT molecular complexity index is 801. The summed E-state index contributed by atoms with van der Waals surface area (Å²) in [5, 5.41) is 3.22. The molecule has 2 aromatic heterocycles. The summed E-state index contributed by atoms with van der Waals surface area (Å²) >= 11 is 0. The molecule has 0 unspecified atom stereocenters. The molecule has 3 aromatic rings. The number of nitrogen functional groups attached to an aromatic ring is 1. The molecule has 2 heterocycles. The van der Waals surface area contributed by atoms with Crippen molar-refractivity contribution in [3.8, 4) is 11.5 Å². The van der Waals surface area contributed by atoms with Gasteiger partial charge in [0.15, 0.2) is 23.0 Å². The van der Waals surface area contributed by atoms with Gasteiger partial charge in [-0.05, 0) is 6.07 Å². The summed E-state index contributed by atoms with van der Waals surface area (Å²) in [6.45, 7) is 0.491. The molecule has 0 saturated carbocycles. The van der Waals surface area contributed by atoms with E-state index in [1.54, 1.807) is 20.5 Å². The number of aromatic nitrogens is 4. The molecule has 1 aromatic carbocycles. The molecule has 0 fully saturated rings. The fraction of sp³-hybridized carbons (Fsp3) is 0.214. The minimum atomic E-state index is 0.166. The van der Waals surface area contributed by atoms with Crippen molar-refractivity contribution in [3.63, 3.8) is 0 Å². The number of H-pyrrole nitrogens is 1. The average Bonchev–Trinajstić information content (AvgIpc) is 3.00. The van der Waals surface area contributed by atoms with Crippen LogP contribution in [-0.4, -0.2) is 34.2 Å². The van der Waals surface area contributed by atoms with Crippen LogP contribution in [0.25, 0.3) is 11.2 Å². The van der Waals surface area contributed by atoms with Gasteiger partial charge < -0.3 is 25.5 Å². The summed E-state index contributed by atoms with van der Waals surface area (Å²) in [6, 6.07) is 5.69. The molecule has 4 N–H and O–H groups in total. The SMILES string of the molecule is COc1cccc(CNc2nc(N)nc3nc[nH]c23)c1OC. The van der Waals surface area contributed by atoms with Crippen LogP contribution in [0, 0.1) is 0 Å². The highest BCUT2D eigenvalue weighted by Crippen LogP contribution is 2.31. The molecule has 0 aliphatic carbocycles. The van der Waals surface area contributed by atoms with Crippen LogP contribution in [0.15, 0.2) is 24.5 Å². The first-order valence-corrected chi connectivity index (χ1v) is 6.63. The van der Waals surface area contributed by atoms with Crippen LogP contribution in [0.3, 0.4) is 0 Å². The Morgan fingerprint density at radius 3 is 2.86 bits per heavy atom. The van der Waals surface area contributed by atoms with E-state index in [2.05, 4.69) is 25.3 Å². The van der Waals surface area contributed by atoms with E-state index in [9.17, 15) is 0 Å². The van der Waals surface area contributed by atoms with Crippen LogP contribution >= 0.6 is 0 Å². The second kappa shape index (κ2) is 5.76. The minimum Gasteiger partial charge on any atom is -0.493 e. The van der Waals surface area contributed by atoms with Gasteiger partial charge in [-0.15, -0.1) is 0 Å². The van der Waals surface area contributed by atoms with E-state index in [1.165, 1.54) is 0 Å². The molecule has 0 aliphatic rings. The van der Waals surface area contributed by atoms with Crippen molar-refractivity contribution in [1.29, 1.82) is 0 Å². The van der Waals surface area contributed by atoms with E-state index in [0.717, 1.165) is 5.56 Å². The van der Waals surface area contributed by atoms with Crippen molar-refractivity contribution in [3.05, 3.63) is 30.1 Å². The lowest BCUT2D eigenvalue weighted by atomic mass is 10.2. The van der Waals surface area contributed by atoms with Crippen molar-refractivity contribution in [2.75, 3.05) is 25.3 Å². The highest BCUT2D eigenvalue weighted by atomic mass is 16.5. The fourth-order valence-electron chi connectivity index (χ4n) is 2.25. The highest BCUT2D eigenvalue weighted by molar-refractivity contribution is 5.83. The number of anilines is 2. The minimum absolute atomic E-state index is 0.166. The summed E-state index contributed by atoms with van der Waals surface area (Å²) < 4.78 is 10.7. The smallest absolute Gasteiger partial charge is 0.224 e. The predicted octanol–water partition coefficient (Wildman–Crippen LogP) is 1.56. The first-order valence-electron chi connectivity index (χ1n) is 6.63. The lowest BCUT2D eigenvalue weighted by Crippen LogP contribution is -2.07. The third-order valence-corrected chi connectivity index (χ3v) is 3.23. The molecule has 3 rings (SSSR count). The Morgan fingerprint density at radius 1 is 1.23 bits per heavy atom. The number of benzene rings is 1. The van der Waals surface area contributed by atoms with Crippen molar-refractivity contribution in [2.45, 2.75) is 6.54 Å². The molecule has 114 valence electrons. The number of hydrogen-bond acceptors (Lipinski definition) is 7. The Kier molecular flexibility index (Phi) is 3.65. The molecule has 0 amide bonds. The fourth-order valence-corrected chi connectivity index (χ4v) is 2.25. The second-order valence-electron chi connectivity index (χ2n) is 4.54. The lowest BCUT2D eigenvalue weighted by Gasteiger charge is -2.13. The number of para-hydroxylation sites is 1. The molecule has 8 heteroatoms. The normalized spacial score (nSPS) is 10.6. The van der Waals surface area contributed by atoms with Gasteiger partial charge in [0.05, 0.1) is 20.5 Å². The quantitative estimate of drug-likeness (QED) is 0.655. The lowest BCUT2D eigenvalue weighted by molar-refractivity contribution is 0.352. The van der Waals surface area contributed by atoms with Crippen LogP contribution in [0.2, 0.25) is 0 Å². The van der Waals surface area contributed by atoms with Gasteiger partial charge in [-0.1, -0.05) is 12.1 Å². The Balaban J connectivity index is 1.90. The number of ether oxygens (including phenoxy) is 2. The molecular formula is C14H16N6O2. The van der Waals surface area contributed by atoms with E-state index in [4.69, 9.17) is 15.2 Å². The summed E-state index contributed by atoms with van der Waals surface area (Å²) in [7, 11) is 3.21. The molecule has 0 aliphatic heterocycles. The maximum atomic E-state index is 5.69. The number of aromatic amines is 1. The highest BCUT2D eigenvalue weighted by Gasteiger charge is 2.12. The number of nitrogens with one attached hydrogen (secondary N) is 2. The topological polar surface area (TPSA) is 111 Å². The zero-order valence-electron chi connectivity index (χ0n) is 12.3. The first-order chi connectivity index (χ1) is 10.7. The summed E-state index contributed by atoms with van der Waals surface area (Å²) in [6.07, 6.45) is 1.55. The zero-order valence-corrected chi connectivity index (χ0v) is 12.3. The van der Waals surface area contributed by atoms with Gasteiger partial charge in [-0.25, -0.2) is 4.98 Å². The second-order valence-corrected chi connectivity index (χ2v) is 4.54. The molecule has 22 heavy (non-hydrogen) atoms. The van der Waals surface area contributed by atoms with Crippen LogP contribution in [0.5, 0.6) is 11.5 Å². The summed E-state index contributed by atoms with van der Waals surface area (Å²) in [5.74, 6) is 2.11. The van der Waals surface area contributed by atoms with Crippen molar-refractivity contribution in [1.82, 2.24) is 19.9 Å². The Hall–Kier alpha value is -3.03. The Morgan fingerprint density at radius 2 is 2.09 bits per heavy atom. The average molecular weight is 300 g/mol. The molecule has 0 atom stereocenters. The van der Waals surface area contributed by atoms with Crippen LogP contribution < -0.4 is 20.5 Å². The van der Waals surface area contributed by atoms with Crippen molar-refractivity contribution >= 4 is 22.9 Å². The van der Waals surface area contributed by atoms with Gasteiger partial charge >= 0.3 is 0 Å². The maximum absolute atomic E-state index is 5.69. The molecule has 0 saturated heterocycles. The van der Waals surface area contributed by atoms with Gasteiger partial charge in [-0.3, -0.25) is 0 Å². The van der Waals surface area contributed by atoms with Crippen LogP contribution in [-0.2, 0) is 6.54 Å². The molecule has 0 spiro atoms. The Labute approximate surface area is 126 Å². The first kappa shape index (κ1) is 13.9. The van der Waals surface area contributed by atoms with Crippen LogP contribution in [0.1, 0.15) is 5.56 Å². The summed E-state index contributed by atoms with van der Waals surface area (Å²) in [5.41, 5.74) is 7.86. The predicted molar refractivity (Wildman–Crippen MR) is 83.0 cm³/mol. The van der Waals surface area contributed by atoms with E-state index in [0.29, 0.717) is 35.0 Å². The van der Waals surface area contributed by atoms with Gasteiger partial charge in [0.25, 0.3) is 0 Å². The number of nitrogens with two attached hydrogens (primary N) is 1. The number of fused-ring (bicyclic) bond motifs is 1. The van der Waals surface area contributed by atoms with Gasteiger partial charge in [0.2, 0.25) is 5.95 Å². The van der Waals surface area contributed by atoms with Gasteiger partial charge in [-0.2, -0.15) is 9.97 Å². The standard InChI is InChI=1S/C14H16N6O2/c1-21-9-5-3-4-8(11(9)22-2)6-16-12-10-13(18-7-17-10)20-14(15)19-12/h3-5,7H,6H2,1-2H3,(H4,15,16,17,18,19,20). The van der Waals surface area contributed by atoms with Crippen molar-refractivity contribution in [2.24, 2.45) is 0 Å². The van der Waals surface area contributed by atoms with E-state index < -0.39 is 0 Å². The largest absolute Gasteiger partial charge is 0.493 e. The van der Waals surface area contributed by atoms with Crippen LogP contribution in [0.4, 0.5) is 11.8 Å². The molecule has 0 radical (unpaired) electrons. The number of nitrogens with zero attached hydrogens (tertiary/aromatic N) is 3. The number of methoxy groups -OCH3 is 2. The number of hydrogen-bond donors (Lipinski definition) is 3. The molecular weight excluding hydrogens is 284 g/mol. The van der Waals surface area contributed by atoms with E-state index >= 15 is 0 Å². The number of imidazole rings is 1. The van der Waals surface area contributed by atoms with Gasteiger partial charge in [0, 0.05) is 12.1 Å².